The first-order valence-corrected chi connectivity index (χ1v) is 5.11. The Morgan fingerprint density at radius 3 is 2.79 bits per heavy atom. The Kier molecular flexibility index (Phi) is 2.42. The number of ether oxygens (including phenoxy) is 1. The molecule has 3 heteroatoms. The minimum absolute atomic E-state index is 0.815. The van der Waals surface area contributed by atoms with Crippen LogP contribution in [-0.4, -0.2) is 12.1 Å². The maximum absolute atomic E-state index is 5.21. The van der Waals surface area contributed by atoms with Crippen LogP contribution in [-0.2, 0) is 0 Å². The first kappa shape index (κ1) is 9.46. The van der Waals surface area contributed by atoms with E-state index in [1.807, 2.05) is 24.4 Å². The fourth-order valence-electron chi connectivity index (χ4n) is 1.46. The molecule has 2 aromatic rings. The lowest BCUT2D eigenvalue weighted by atomic mass is 10.1. The van der Waals surface area contributed by atoms with E-state index in [-0.39, 0.29) is 0 Å². The molecule has 0 amide bonds. The highest BCUT2D eigenvalue weighted by molar-refractivity contribution is 9.10. The molecule has 0 bridgehead atoms. The fourth-order valence-corrected chi connectivity index (χ4v) is 2.07. The number of pyridine rings is 1. The highest BCUT2D eigenvalue weighted by Gasteiger charge is 2.07. The Balaban J connectivity index is 2.84. The number of aromatic nitrogens is 1. The molecule has 0 aliphatic rings. The lowest BCUT2D eigenvalue weighted by Gasteiger charge is -2.07. The molecule has 0 saturated carbocycles. The van der Waals surface area contributed by atoms with E-state index in [1.54, 1.807) is 7.11 Å². The minimum atomic E-state index is 0.815. The van der Waals surface area contributed by atoms with Crippen molar-refractivity contribution in [3.63, 3.8) is 0 Å². The van der Waals surface area contributed by atoms with Crippen molar-refractivity contribution >= 4 is 26.8 Å². The van der Waals surface area contributed by atoms with Crippen LogP contribution < -0.4 is 4.74 Å². The van der Waals surface area contributed by atoms with Crippen molar-refractivity contribution in [2.24, 2.45) is 0 Å². The molecule has 0 fully saturated rings. The van der Waals surface area contributed by atoms with Crippen LogP contribution in [0.5, 0.6) is 5.75 Å². The average molecular weight is 252 g/mol. The van der Waals surface area contributed by atoms with E-state index in [9.17, 15) is 0 Å². The summed E-state index contributed by atoms with van der Waals surface area (Å²) in [6.45, 7) is 2.07. The maximum atomic E-state index is 5.21. The number of rotatable bonds is 1. The second kappa shape index (κ2) is 3.58. The fraction of sp³-hybridized carbons (Fsp3) is 0.182. The van der Waals surface area contributed by atoms with E-state index in [0.717, 1.165) is 21.1 Å². The van der Waals surface area contributed by atoms with Crippen molar-refractivity contribution in [1.82, 2.24) is 4.98 Å². The maximum Gasteiger partial charge on any atom is 0.135 e. The normalized spacial score (nSPS) is 10.5. The van der Waals surface area contributed by atoms with E-state index in [4.69, 9.17) is 4.74 Å². The van der Waals surface area contributed by atoms with Gasteiger partial charge in [0.25, 0.3) is 0 Å². The van der Waals surface area contributed by atoms with Gasteiger partial charge in [0.2, 0.25) is 0 Å². The molecule has 2 rings (SSSR count). The zero-order valence-electron chi connectivity index (χ0n) is 8.04. The molecular weight excluding hydrogens is 242 g/mol. The highest BCUT2D eigenvalue weighted by Crippen LogP contribution is 2.32. The van der Waals surface area contributed by atoms with Crippen molar-refractivity contribution in [3.05, 3.63) is 34.4 Å². The van der Waals surface area contributed by atoms with Crippen LogP contribution in [0.4, 0.5) is 0 Å². The van der Waals surface area contributed by atoms with Gasteiger partial charge in [-0.25, -0.2) is 0 Å². The molecule has 0 radical (unpaired) electrons. The molecule has 0 aliphatic heterocycles. The van der Waals surface area contributed by atoms with Crippen molar-refractivity contribution in [2.45, 2.75) is 6.92 Å². The van der Waals surface area contributed by atoms with Crippen LogP contribution in [0.15, 0.2) is 28.9 Å². The molecule has 0 N–H and O–H groups in total. The van der Waals surface area contributed by atoms with E-state index < -0.39 is 0 Å². The van der Waals surface area contributed by atoms with E-state index >= 15 is 0 Å². The van der Waals surface area contributed by atoms with Gasteiger partial charge < -0.3 is 4.74 Å². The number of benzene rings is 1. The molecule has 0 unspecified atom stereocenters. The Morgan fingerprint density at radius 1 is 1.29 bits per heavy atom. The first-order valence-electron chi connectivity index (χ1n) is 4.32. The quantitative estimate of drug-likeness (QED) is 0.776. The topological polar surface area (TPSA) is 22.1 Å². The summed E-state index contributed by atoms with van der Waals surface area (Å²) in [6, 6.07) is 5.98. The molecule has 0 spiro atoms. The number of hydrogen-bond acceptors (Lipinski definition) is 2. The molecule has 1 heterocycles. The molecule has 1 aromatic heterocycles. The lowest BCUT2D eigenvalue weighted by molar-refractivity contribution is 0.413. The molecule has 0 aliphatic carbocycles. The molecule has 2 nitrogen and oxygen atoms in total. The number of nitrogens with zero attached hydrogens (tertiary/aromatic N) is 1. The second-order valence-electron chi connectivity index (χ2n) is 3.11. The summed E-state index contributed by atoms with van der Waals surface area (Å²) in [5.41, 5.74) is 2.17. The van der Waals surface area contributed by atoms with Crippen molar-refractivity contribution in [1.29, 1.82) is 0 Å². The van der Waals surface area contributed by atoms with Gasteiger partial charge in [0.05, 0.1) is 17.1 Å². The van der Waals surface area contributed by atoms with Gasteiger partial charge in [0.1, 0.15) is 5.75 Å². The SMILES string of the molecule is COc1ccc2c(C)ccnc2c1Br. The van der Waals surface area contributed by atoms with Crippen LogP contribution in [0, 0.1) is 6.92 Å². The summed E-state index contributed by atoms with van der Waals surface area (Å²) in [5, 5.41) is 1.15. The van der Waals surface area contributed by atoms with Gasteiger partial charge in [-0.1, -0.05) is 0 Å². The van der Waals surface area contributed by atoms with Crippen LogP contribution in [0.2, 0.25) is 0 Å². The summed E-state index contributed by atoms with van der Waals surface area (Å²) in [5.74, 6) is 0.815. The minimum Gasteiger partial charge on any atom is -0.495 e. The summed E-state index contributed by atoms with van der Waals surface area (Å²) in [4.78, 5) is 4.32. The number of methoxy groups -OCH3 is 1. The smallest absolute Gasteiger partial charge is 0.135 e. The molecule has 1 aromatic carbocycles. The summed E-state index contributed by atoms with van der Waals surface area (Å²) in [7, 11) is 1.65. The monoisotopic (exact) mass is 251 g/mol. The summed E-state index contributed by atoms with van der Waals surface area (Å²) in [6.07, 6.45) is 1.81. The van der Waals surface area contributed by atoms with Crippen LogP contribution in [0.25, 0.3) is 10.9 Å². The predicted molar refractivity (Wildman–Crippen MR) is 60.7 cm³/mol. The summed E-state index contributed by atoms with van der Waals surface area (Å²) < 4.78 is 6.12. The highest BCUT2D eigenvalue weighted by atomic mass is 79.9. The number of hydrogen-bond donors (Lipinski definition) is 0. The zero-order valence-corrected chi connectivity index (χ0v) is 9.63. The third kappa shape index (κ3) is 1.38. The molecule has 0 atom stereocenters. The van der Waals surface area contributed by atoms with Gasteiger partial charge in [0.15, 0.2) is 0 Å². The van der Waals surface area contributed by atoms with Gasteiger partial charge in [-0.2, -0.15) is 0 Å². The number of fused-ring (bicyclic) bond motifs is 1. The van der Waals surface area contributed by atoms with Crippen LogP contribution in [0.1, 0.15) is 5.56 Å². The van der Waals surface area contributed by atoms with Crippen LogP contribution >= 0.6 is 15.9 Å². The van der Waals surface area contributed by atoms with Gasteiger partial charge in [0, 0.05) is 11.6 Å². The van der Waals surface area contributed by atoms with Gasteiger partial charge in [-0.15, -0.1) is 0 Å². The molecular formula is C11H10BrNO. The Bertz CT molecular complexity index is 482. The van der Waals surface area contributed by atoms with Gasteiger partial charge in [-0.05, 0) is 46.6 Å². The molecule has 14 heavy (non-hydrogen) atoms. The standard InChI is InChI=1S/C11H10BrNO/c1-7-5-6-13-11-8(7)3-4-9(14-2)10(11)12/h3-6H,1-2H3. The van der Waals surface area contributed by atoms with Crippen molar-refractivity contribution in [3.8, 4) is 5.75 Å². The largest absolute Gasteiger partial charge is 0.495 e. The van der Waals surface area contributed by atoms with Gasteiger partial charge in [-0.3, -0.25) is 4.98 Å². The van der Waals surface area contributed by atoms with Crippen molar-refractivity contribution < 1.29 is 4.74 Å². The Labute approximate surface area is 91.0 Å². The van der Waals surface area contributed by atoms with Crippen LogP contribution in [0.3, 0.4) is 0 Å². The Morgan fingerprint density at radius 2 is 2.07 bits per heavy atom. The van der Waals surface area contributed by atoms with E-state index in [1.165, 1.54) is 5.56 Å². The number of halogens is 1. The second-order valence-corrected chi connectivity index (χ2v) is 3.90. The van der Waals surface area contributed by atoms with Crippen molar-refractivity contribution in [2.75, 3.05) is 7.11 Å². The third-order valence-corrected chi connectivity index (χ3v) is 3.02. The van der Waals surface area contributed by atoms with E-state index in [0.29, 0.717) is 0 Å². The lowest BCUT2D eigenvalue weighted by Crippen LogP contribution is -1.88. The van der Waals surface area contributed by atoms with E-state index in [2.05, 4.69) is 27.8 Å². The van der Waals surface area contributed by atoms with Gasteiger partial charge >= 0.3 is 0 Å². The average Bonchev–Trinajstić information content (AvgIpc) is 2.20. The first-order chi connectivity index (χ1) is 6.74. The third-order valence-electron chi connectivity index (χ3n) is 2.25. The Hall–Kier alpha value is -1.09. The zero-order chi connectivity index (χ0) is 10.1. The molecule has 72 valence electrons. The predicted octanol–water partition coefficient (Wildman–Crippen LogP) is 3.31. The number of aryl methyl sites for hydroxylation is 1. The summed E-state index contributed by atoms with van der Waals surface area (Å²) >= 11 is 3.49. The molecule has 0 saturated heterocycles.